The van der Waals surface area contributed by atoms with Gasteiger partial charge in [-0.25, -0.2) is 4.21 Å². The van der Waals surface area contributed by atoms with Crippen LogP contribution in [-0.4, -0.2) is 15.8 Å². The second-order valence-corrected chi connectivity index (χ2v) is 8.83. The molecule has 4 aromatic carbocycles. The van der Waals surface area contributed by atoms with Crippen LogP contribution in [0.15, 0.2) is 107 Å². The lowest BCUT2D eigenvalue weighted by Gasteiger charge is -2.18. The first kappa shape index (κ1) is 19.3. The molecular weight excluding hydrogens is 404 g/mol. The SMILES string of the molecule is O=C1c2ccccc2C(=O)c2ccccc21.O=S1c2ccccc2Cc2ccccc21. The van der Waals surface area contributed by atoms with Crippen LogP contribution in [0, 0.1) is 0 Å². The van der Waals surface area contributed by atoms with E-state index in [9.17, 15) is 13.8 Å². The van der Waals surface area contributed by atoms with Crippen molar-refractivity contribution in [1.82, 2.24) is 0 Å². The van der Waals surface area contributed by atoms with Crippen molar-refractivity contribution in [3.63, 3.8) is 0 Å². The van der Waals surface area contributed by atoms with E-state index >= 15 is 0 Å². The first-order chi connectivity index (χ1) is 15.1. The molecule has 0 fully saturated rings. The number of ketones is 2. The maximum absolute atomic E-state index is 12.2. The summed E-state index contributed by atoms with van der Waals surface area (Å²) in [5.41, 5.74) is 4.40. The average molecular weight is 423 g/mol. The van der Waals surface area contributed by atoms with E-state index in [2.05, 4.69) is 12.1 Å². The lowest BCUT2D eigenvalue weighted by atomic mass is 9.84. The smallest absolute Gasteiger partial charge is 0.194 e. The number of hydrogen-bond donors (Lipinski definition) is 0. The standard InChI is InChI=1S/C14H8O2.C13H10OS/c15-13-9-5-1-2-6-10(9)14(16)12-8-4-3-7-11(12)13;14-15-12-7-3-1-5-10(12)9-11-6-2-4-8-13(11)15/h1-8H;1-8H,9H2. The zero-order chi connectivity index (χ0) is 21.4. The van der Waals surface area contributed by atoms with Crippen LogP contribution < -0.4 is 0 Å². The van der Waals surface area contributed by atoms with Gasteiger partial charge >= 0.3 is 0 Å². The lowest BCUT2D eigenvalue weighted by Crippen LogP contribution is -2.20. The van der Waals surface area contributed by atoms with Crippen molar-refractivity contribution in [2.75, 3.05) is 0 Å². The minimum Gasteiger partial charge on any atom is -0.289 e. The molecule has 0 bridgehead atoms. The topological polar surface area (TPSA) is 51.2 Å². The van der Waals surface area contributed by atoms with Crippen LogP contribution in [0.25, 0.3) is 0 Å². The summed E-state index contributed by atoms with van der Waals surface area (Å²) in [7, 11) is -0.990. The van der Waals surface area contributed by atoms with Crippen LogP contribution in [0.3, 0.4) is 0 Å². The van der Waals surface area contributed by atoms with Gasteiger partial charge in [-0.3, -0.25) is 9.59 Å². The van der Waals surface area contributed by atoms with Gasteiger partial charge < -0.3 is 0 Å². The molecule has 4 heteroatoms. The first-order valence-corrected chi connectivity index (χ1v) is 11.1. The fourth-order valence-corrected chi connectivity index (χ4v) is 5.43. The molecule has 0 unspecified atom stereocenters. The fourth-order valence-electron chi connectivity index (χ4n) is 4.03. The van der Waals surface area contributed by atoms with E-state index in [1.807, 2.05) is 36.4 Å². The van der Waals surface area contributed by atoms with Crippen molar-refractivity contribution < 1.29 is 13.8 Å². The molecule has 150 valence electrons. The van der Waals surface area contributed by atoms with Crippen molar-refractivity contribution in [2.24, 2.45) is 0 Å². The molecule has 1 aliphatic heterocycles. The zero-order valence-corrected chi connectivity index (χ0v) is 17.4. The van der Waals surface area contributed by atoms with Gasteiger partial charge in [-0.2, -0.15) is 0 Å². The van der Waals surface area contributed by atoms with Crippen LogP contribution in [0.5, 0.6) is 0 Å². The van der Waals surface area contributed by atoms with E-state index in [1.54, 1.807) is 48.5 Å². The summed E-state index contributed by atoms with van der Waals surface area (Å²) in [6, 6.07) is 29.8. The second kappa shape index (κ2) is 7.89. The predicted octanol–water partition coefficient (Wildman–Crippen LogP) is 5.22. The maximum Gasteiger partial charge on any atom is 0.194 e. The van der Waals surface area contributed by atoms with Gasteiger partial charge in [-0.05, 0) is 29.7 Å². The minimum absolute atomic E-state index is 0.0641. The molecule has 1 aliphatic carbocycles. The van der Waals surface area contributed by atoms with Crippen molar-refractivity contribution in [1.29, 1.82) is 0 Å². The third kappa shape index (κ3) is 3.35. The van der Waals surface area contributed by atoms with Gasteiger partial charge in [0.05, 0.1) is 10.8 Å². The Balaban J connectivity index is 0.000000132. The first-order valence-electron chi connectivity index (χ1n) is 10.00. The third-order valence-electron chi connectivity index (χ3n) is 5.56. The highest BCUT2D eigenvalue weighted by Gasteiger charge is 2.28. The van der Waals surface area contributed by atoms with E-state index in [0.717, 1.165) is 16.2 Å². The zero-order valence-electron chi connectivity index (χ0n) is 16.6. The molecule has 4 aromatic rings. The Bertz CT molecular complexity index is 1220. The molecule has 0 N–H and O–H groups in total. The summed E-state index contributed by atoms with van der Waals surface area (Å²) in [6.07, 6.45) is 0.901. The molecule has 3 nitrogen and oxygen atoms in total. The largest absolute Gasteiger partial charge is 0.289 e. The Morgan fingerprint density at radius 3 is 1.19 bits per heavy atom. The fraction of sp³-hybridized carbons (Fsp3) is 0.0370. The molecule has 0 amide bonds. The van der Waals surface area contributed by atoms with Gasteiger partial charge in [0.15, 0.2) is 11.6 Å². The number of benzene rings is 4. The van der Waals surface area contributed by atoms with Gasteiger partial charge in [0.1, 0.15) is 0 Å². The molecule has 31 heavy (non-hydrogen) atoms. The molecule has 0 atom stereocenters. The normalized spacial score (nSPS) is 13.8. The monoisotopic (exact) mass is 422 g/mol. The minimum atomic E-state index is -0.990. The molecule has 0 aromatic heterocycles. The molecule has 2 aliphatic rings. The Morgan fingerprint density at radius 2 is 0.806 bits per heavy atom. The van der Waals surface area contributed by atoms with Gasteiger partial charge in [0.25, 0.3) is 0 Å². The molecule has 0 saturated heterocycles. The number of carbonyl (C=O) groups excluding carboxylic acids is 2. The molecule has 6 rings (SSSR count). The van der Waals surface area contributed by atoms with E-state index < -0.39 is 10.8 Å². The third-order valence-corrected chi connectivity index (χ3v) is 7.15. The summed E-state index contributed by atoms with van der Waals surface area (Å²) in [6.45, 7) is 0. The van der Waals surface area contributed by atoms with Crippen molar-refractivity contribution in [3.05, 3.63) is 130 Å². The Morgan fingerprint density at radius 1 is 0.484 bits per heavy atom. The molecule has 0 radical (unpaired) electrons. The van der Waals surface area contributed by atoms with Gasteiger partial charge in [-0.1, -0.05) is 84.9 Å². The van der Waals surface area contributed by atoms with E-state index in [0.29, 0.717) is 22.3 Å². The van der Waals surface area contributed by atoms with Crippen LogP contribution in [0.4, 0.5) is 0 Å². The highest BCUT2D eigenvalue weighted by Crippen LogP contribution is 2.31. The van der Waals surface area contributed by atoms with E-state index in [-0.39, 0.29) is 11.6 Å². The van der Waals surface area contributed by atoms with Gasteiger partial charge in [0, 0.05) is 32.0 Å². The molecule has 0 spiro atoms. The summed E-state index contributed by atoms with van der Waals surface area (Å²) in [4.78, 5) is 26.1. The summed E-state index contributed by atoms with van der Waals surface area (Å²) in [5.74, 6) is -0.128. The van der Waals surface area contributed by atoms with Crippen molar-refractivity contribution in [3.8, 4) is 0 Å². The highest BCUT2D eigenvalue weighted by atomic mass is 32.2. The van der Waals surface area contributed by atoms with E-state index in [4.69, 9.17) is 0 Å². The van der Waals surface area contributed by atoms with E-state index in [1.165, 1.54) is 11.1 Å². The predicted molar refractivity (Wildman–Crippen MR) is 120 cm³/mol. The van der Waals surface area contributed by atoms with Gasteiger partial charge in [-0.15, -0.1) is 0 Å². The van der Waals surface area contributed by atoms with Crippen molar-refractivity contribution in [2.45, 2.75) is 16.2 Å². The number of rotatable bonds is 0. The Kier molecular flexibility index (Phi) is 4.92. The summed E-state index contributed by atoms with van der Waals surface area (Å²) in [5, 5.41) is 0. The van der Waals surface area contributed by atoms with Crippen LogP contribution in [0.1, 0.15) is 43.0 Å². The molecular formula is C27H18O3S. The quantitative estimate of drug-likeness (QED) is 0.337. The van der Waals surface area contributed by atoms with Crippen LogP contribution in [-0.2, 0) is 17.2 Å². The average Bonchev–Trinajstić information content (AvgIpc) is 2.83. The molecule has 0 saturated carbocycles. The highest BCUT2D eigenvalue weighted by molar-refractivity contribution is 7.85. The Hall–Kier alpha value is -3.63. The number of carbonyl (C=O) groups is 2. The second-order valence-electron chi connectivity index (χ2n) is 7.41. The summed E-state index contributed by atoms with van der Waals surface area (Å²) < 4.78 is 12.2. The maximum atomic E-state index is 12.2. The summed E-state index contributed by atoms with van der Waals surface area (Å²) >= 11 is 0. The lowest BCUT2D eigenvalue weighted by molar-refractivity contribution is 0.0979. The number of fused-ring (bicyclic) bond motifs is 4. The van der Waals surface area contributed by atoms with Crippen LogP contribution in [0.2, 0.25) is 0 Å². The van der Waals surface area contributed by atoms with Gasteiger partial charge in [0.2, 0.25) is 0 Å². The van der Waals surface area contributed by atoms with Crippen LogP contribution >= 0.6 is 0 Å². The van der Waals surface area contributed by atoms with Crippen molar-refractivity contribution >= 4 is 22.4 Å². The number of hydrogen-bond acceptors (Lipinski definition) is 3. The molecule has 1 heterocycles. The Labute approximate surface area is 182 Å².